The Bertz CT molecular complexity index is 1210. The third-order valence-electron chi connectivity index (χ3n) is 5.15. The Morgan fingerprint density at radius 3 is 2.55 bits per heavy atom. The van der Waals surface area contributed by atoms with Crippen LogP contribution in [0.25, 0.3) is 0 Å². The molecule has 3 aromatic rings. The summed E-state index contributed by atoms with van der Waals surface area (Å²) in [6, 6.07) is 11.2. The van der Waals surface area contributed by atoms with Crippen LogP contribution in [0.2, 0.25) is 10.0 Å². The molecule has 2 heterocycles. The first-order chi connectivity index (χ1) is 14.7. The molecule has 0 aliphatic carbocycles. The maximum absolute atomic E-state index is 13.1. The second-order valence-corrected chi connectivity index (χ2v) is 11.8. The molecule has 164 valence electrons. The van der Waals surface area contributed by atoms with Crippen molar-refractivity contribution in [3.8, 4) is 0 Å². The highest BCUT2D eigenvalue weighted by Gasteiger charge is 2.31. The van der Waals surface area contributed by atoms with Crippen molar-refractivity contribution in [2.24, 2.45) is 0 Å². The third-order valence-corrected chi connectivity index (χ3v) is 9.37. The van der Waals surface area contributed by atoms with E-state index in [0.717, 1.165) is 21.7 Å². The number of aryl methyl sites for hydroxylation is 1. The van der Waals surface area contributed by atoms with Crippen molar-refractivity contribution in [2.45, 2.75) is 18.2 Å². The summed E-state index contributed by atoms with van der Waals surface area (Å²) in [6.07, 6.45) is 0.763. The molecule has 0 N–H and O–H groups in total. The van der Waals surface area contributed by atoms with Crippen LogP contribution in [-0.2, 0) is 16.4 Å². The molecule has 1 aromatic heterocycles. The molecule has 1 fully saturated rings. The SMILES string of the molecule is Cc1cc(S(=O)(=O)N2CCN(c3nc(Cc4cccc(Br)c4)cs3)CC2)c(Cl)cc1Cl. The Hall–Kier alpha value is -1.16. The van der Waals surface area contributed by atoms with Crippen molar-refractivity contribution in [2.75, 3.05) is 31.1 Å². The molecule has 31 heavy (non-hydrogen) atoms. The van der Waals surface area contributed by atoms with Crippen LogP contribution in [0.4, 0.5) is 5.13 Å². The van der Waals surface area contributed by atoms with Crippen LogP contribution in [0, 0.1) is 6.92 Å². The molecule has 0 atom stereocenters. The number of aromatic nitrogens is 1. The van der Waals surface area contributed by atoms with Gasteiger partial charge in [0.1, 0.15) is 4.90 Å². The van der Waals surface area contributed by atoms with E-state index in [4.69, 9.17) is 28.2 Å². The van der Waals surface area contributed by atoms with Crippen molar-refractivity contribution in [3.05, 3.63) is 73.1 Å². The first kappa shape index (κ1) is 23.0. The van der Waals surface area contributed by atoms with Crippen molar-refractivity contribution in [1.82, 2.24) is 9.29 Å². The molecular formula is C21H20BrCl2N3O2S2. The number of halogens is 3. The average molecular weight is 561 g/mol. The molecule has 0 saturated carbocycles. The van der Waals surface area contributed by atoms with Crippen LogP contribution >= 0.6 is 50.5 Å². The van der Waals surface area contributed by atoms with Gasteiger partial charge in [-0.05, 0) is 42.3 Å². The predicted molar refractivity (Wildman–Crippen MR) is 131 cm³/mol. The summed E-state index contributed by atoms with van der Waals surface area (Å²) in [5.41, 5.74) is 2.89. The van der Waals surface area contributed by atoms with Gasteiger partial charge in [-0.25, -0.2) is 13.4 Å². The number of anilines is 1. The van der Waals surface area contributed by atoms with Crippen molar-refractivity contribution in [3.63, 3.8) is 0 Å². The van der Waals surface area contributed by atoms with Gasteiger partial charge in [-0.3, -0.25) is 0 Å². The van der Waals surface area contributed by atoms with Gasteiger partial charge in [-0.1, -0.05) is 51.3 Å². The topological polar surface area (TPSA) is 53.5 Å². The summed E-state index contributed by atoms with van der Waals surface area (Å²) in [4.78, 5) is 7.01. The van der Waals surface area contributed by atoms with Crippen LogP contribution < -0.4 is 4.90 Å². The van der Waals surface area contributed by atoms with E-state index >= 15 is 0 Å². The number of rotatable bonds is 5. The summed E-state index contributed by atoms with van der Waals surface area (Å²) >= 11 is 17.3. The number of hydrogen-bond acceptors (Lipinski definition) is 5. The fourth-order valence-corrected chi connectivity index (χ4v) is 7.02. The van der Waals surface area contributed by atoms with Gasteiger partial charge < -0.3 is 4.90 Å². The normalized spacial score (nSPS) is 15.4. The van der Waals surface area contributed by atoms with E-state index < -0.39 is 10.0 Å². The molecule has 0 radical (unpaired) electrons. The minimum atomic E-state index is -3.68. The highest BCUT2D eigenvalue weighted by atomic mass is 79.9. The molecule has 0 spiro atoms. The number of benzene rings is 2. The van der Waals surface area contributed by atoms with Gasteiger partial charge in [0.05, 0.1) is 10.7 Å². The lowest BCUT2D eigenvalue weighted by Crippen LogP contribution is -2.48. The van der Waals surface area contributed by atoms with Crippen LogP contribution in [0.5, 0.6) is 0 Å². The smallest absolute Gasteiger partial charge is 0.244 e. The lowest BCUT2D eigenvalue weighted by Gasteiger charge is -2.34. The monoisotopic (exact) mass is 559 g/mol. The van der Waals surface area contributed by atoms with Gasteiger partial charge in [-0.15, -0.1) is 11.3 Å². The third kappa shape index (κ3) is 5.10. The Kier molecular flexibility index (Phi) is 6.96. The lowest BCUT2D eigenvalue weighted by molar-refractivity contribution is 0.384. The van der Waals surface area contributed by atoms with Gasteiger partial charge in [0, 0.05) is 47.5 Å². The average Bonchev–Trinajstić information content (AvgIpc) is 3.19. The lowest BCUT2D eigenvalue weighted by atomic mass is 10.1. The van der Waals surface area contributed by atoms with E-state index in [1.807, 2.05) is 12.1 Å². The fraction of sp³-hybridized carbons (Fsp3) is 0.286. The van der Waals surface area contributed by atoms with Crippen LogP contribution in [-0.4, -0.2) is 43.9 Å². The maximum Gasteiger partial charge on any atom is 0.244 e. The van der Waals surface area contributed by atoms with Crippen LogP contribution in [0.15, 0.2) is 51.1 Å². The quantitative estimate of drug-likeness (QED) is 0.406. The Balaban J connectivity index is 1.43. The van der Waals surface area contributed by atoms with Gasteiger partial charge in [-0.2, -0.15) is 4.31 Å². The second kappa shape index (κ2) is 9.37. The van der Waals surface area contributed by atoms with Gasteiger partial charge in [0.25, 0.3) is 0 Å². The van der Waals surface area contributed by atoms with Crippen LogP contribution in [0.3, 0.4) is 0 Å². The number of piperazine rings is 1. The standard InChI is InChI=1S/C21H20BrCl2N3O2S2/c1-14-9-20(19(24)12-18(14)23)31(28,29)27-7-5-26(6-8-27)21-25-17(13-30-21)11-15-3-2-4-16(22)10-15/h2-4,9-10,12-13H,5-8,11H2,1H3. The first-order valence-corrected chi connectivity index (χ1v) is 13.5. The number of sulfonamides is 1. The van der Waals surface area contributed by atoms with E-state index in [9.17, 15) is 8.42 Å². The molecule has 10 heteroatoms. The Labute approximate surface area is 204 Å². The maximum atomic E-state index is 13.1. The molecule has 2 aromatic carbocycles. The van der Waals surface area contributed by atoms with Crippen molar-refractivity contribution >= 4 is 65.6 Å². The van der Waals surface area contributed by atoms with Gasteiger partial charge >= 0.3 is 0 Å². The molecule has 5 nitrogen and oxygen atoms in total. The predicted octanol–water partition coefficient (Wildman–Crippen LogP) is 5.62. The summed E-state index contributed by atoms with van der Waals surface area (Å²) in [5.74, 6) is 0. The van der Waals surface area contributed by atoms with Crippen molar-refractivity contribution in [1.29, 1.82) is 0 Å². The number of nitrogens with zero attached hydrogens (tertiary/aromatic N) is 3. The fourth-order valence-electron chi connectivity index (χ4n) is 3.47. The van der Waals surface area contributed by atoms with Crippen molar-refractivity contribution < 1.29 is 8.42 Å². The minimum absolute atomic E-state index is 0.107. The zero-order chi connectivity index (χ0) is 22.2. The zero-order valence-electron chi connectivity index (χ0n) is 16.7. The molecule has 0 unspecified atom stereocenters. The Morgan fingerprint density at radius 1 is 1.10 bits per heavy atom. The van der Waals surface area contributed by atoms with E-state index in [1.165, 1.54) is 15.9 Å². The summed E-state index contributed by atoms with van der Waals surface area (Å²) in [6.45, 7) is 3.67. The Morgan fingerprint density at radius 2 is 1.84 bits per heavy atom. The van der Waals surface area contributed by atoms with Crippen LogP contribution in [0.1, 0.15) is 16.8 Å². The molecular weight excluding hydrogens is 541 g/mol. The minimum Gasteiger partial charge on any atom is -0.345 e. The summed E-state index contributed by atoms with van der Waals surface area (Å²) in [7, 11) is -3.68. The highest BCUT2D eigenvalue weighted by molar-refractivity contribution is 9.10. The zero-order valence-corrected chi connectivity index (χ0v) is 21.4. The molecule has 4 rings (SSSR count). The highest BCUT2D eigenvalue weighted by Crippen LogP contribution is 2.31. The summed E-state index contributed by atoms with van der Waals surface area (Å²) < 4.78 is 28.8. The first-order valence-electron chi connectivity index (χ1n) is 9.63. The molecule has 1 aliphatic rings. The molecule has 1 aliphatic heterocycles. The number of thiazole rings is 1. The molecule has 1 saturated heterocycles. The van der Waals surface area contributed by atoms with E-state index in [2.05, 4.69) is 38.3 Å². The van der Waals surface area contributed by atoms with Gasteiger partial charge in [0.2, 0.25) is 10.0 Å². The summed E-state index contributed by atoms with van der Waals surface area (Å²) in [5, 5.41) is 3.59. The second-order valence-electron chi connectivity index (χ2n) is 7.35. The molecule has 0 bridgehead atoms. The van der Waals surface area contributed by atoms with E-state index in [1.54, 1.807) is 24.3 Å². The van der Waals surface area contributed by atoms with Gasteiger partial charge in [0.15, 0.2) is 5.13 Å². The van der Waals surface area contributed by atoms with E-state index in [-0.39, 0.29) is 9.92 Å². The number of hydrogen-bond donors (Lipinski definition) is 0. The van der Waals surface area contributed by atoms with E-state index in [0.29, 0.717) is 36.8 Å². The molecule has 0 amide bonds. The largest absolute Gasteiger partial charge is 0.345 e.